The highest BCUT2D eigenvalue weighted by molar-refractivity contribution is 5.94. The van der Waals surface area contributed by atoms with Crippen LogP contribution in [0.3, 0.4) is 0 Å². The number of esters is 1. The normalized spacial score (nSPS) is 15.1. The molecule has 1 aliphatic heterocycles. The molecule has 1 aliphatic rings. The number of nitrogens with zero attached hydrogens (tertiary/aromatic N) is 1. The Morgan fingerprint density at radius 1 is 0.897 bits per heavy atom. The van der Waals surface area contributed by atoms with Gasteiger partial charge in [-0.25, -0.2) is 9.18 Å². The lowest BCUT2D eigenvalue weighted by Crippen LogP contribution is -2.54. The quantitative estimate of drug-likeness (QED) is 0.119. The number of nitrogens with one attached hydrogen (secondary N) is 3. The van der Waals surface area contributed by atoms with Gasteiger partial charge in [0.2, 0.25) is 17.7 Å². The lowest BCUT2D eigenvalue weighted by atomic mass is 9.95. The SMILES string of the molecule is CCOC(=O)C[C@H](NC(=O)CCc1cccc(F)c1)C(=O)N[C@@H](CCc1ccccc1)C(=O)NCc1cc(OCCC2CCCN(C(=O)OC(C)(C)C)C2)ccc1C. The number of piperidine rings is 1. The minimum Gasteiger partial charge on any atom is -0.494 e. The first-order valence-electron chi connectivity index (χ1n) is 20.2. The number of carbonyl (C=O) groups excluding carboxylic acids is 5. The molecule has 58 heavy (non-hydrogen) atoms. The Morgan fingerprint density at radius 2 is 1.66 bits per heavy atom. The molecule has 0 aromatic heterocycles. The fraction of sp³-hybridized carbons (Fsp3) is 0.489. The van der Waals surface area contributed by atoms with Crippen molar-refractivity contribution in [3.8, 4) is 5.75 Å². The molecular weight excluding hydrogens is 744 g/mol. The Morgan fingerprint density at radius 3 is 2.38 bits per heavy atom. The van der Waals surface area contributed by atoms with Crippen molar-refractivity contribution in [1.82, 2.24) is 20.9 Å². The summed E-state index contributed by atoms with van der Waals surface area (Å²) in [6.07, 6.45) is 2.84. The number of carbonyl (C=O) groups is 5. The van der Waals surface area contributed by atoms with Crippen LogP contribution in [-0.4, -0.2) is 78.7 Å². The third-order valence-corrected chi connectivity index (χ3v) is 9.79. The molecule has 12 nitrogen and oxygen atoms in total. The predicted octanol–water partition coefficient (Wildman–Crippen LogP) is 6.35. The fourth-order valence-corrected chi connectivity index (χ4v) is 6.68. The van der Waals surface area contributed by atoms with Gasteiger partial charge in [0, 0.05) is 26.1 Å². The van der Waals surface area contributed by atoms with E-state index in [0.29, 0.717) is 43.3 Å². The maximum absolute atomic E-state index is 13.8. The van der Waals surface area contributed by atoms with Crippen LogP contribution in [0.25, 0.3) is 0 Å². The topological polar surface area (TPSA) is 152 Å². The van der Waals surface area contributed by atoms with Crippen LogP contribution in [0, 0.1) is 18.7 Å². The van der Waals surface area contributed by atoms with Gasteiger partial charge in [0.05, 0.1) is 19.6 Å². The molecule has 3 aromatic carbocycles. The maximum Gasteiger partial charge on any atom is 0.410 e. The van der Waals surface area contributed by atoms with Crippen LogP contribution in [0.5, 0.6) is 5.75 Å². The van der Waals surface area contributed by atoms with Crippen LogP contribution >= 0.6 is 0 Å². The number of hydrogen-bond acceptors (Lipinski definition) is 8. The van der Waals surface area contributed by atoms with Crippen molar-refractivity contribution >= 4 is 29.8 Å². The summed E-state index contributed by atoms with van der Waals surface area (Å²) >= 11 is 0. The van der Waals surface area contributed by atoms with E-state index in [9.17, 15) is 28.4 Å². The van der Waals surface area contributed by atoms with E-state index in [1.807, 2.05) is 76.2 Å². The summed E-state index contributed by atoms with van der Waals surface area (Å²) in [4.78, 5) is 67.5. The van der Waals surface area contributed by atoms with Gasteiger partial charge in [0.15, 0.2) is 0 Å². The highest BCUT2D eigenvalue weighted by Crippen LogP contribution is 2.23. The molecule has 3 aromatic rings. The van der Waals surface area contributed by atoms with E-state index in [1.54, 1.807) is 24.0 Å². The molecule has 0 spiro atoms. The van der Waals surface area contributed by atoms with Crippen LogP contribution in [-0.2, 0) is 48.0 Å². The summed E-state index contributed by atoms with van der Waals surface area (Å²) in [5.41, 5.74) is 2.80. The Labute approximate surface area is 341 Å². The van der Waals surface area contributed by atoms with Gasteiger partial charge in [0.25, 0.3) is 0 Å². The summed E-state index contributed by atoms with van der Waals surface area (Å²) in [7, 11) is 0. The van der Waals surface area contributed by atoms with E-state index in [4.69, 9.17) is 14.2 Å². The van der Waals surface area contributed by atoms with Crippen LogP contribution < -0.4 is 20.7 Å². The number of likely N-dealkylation sites (tertiary alicyclic amines) is 1. The van der Waals surface area contributed by atoms with Crippen LogP contribution in [0.1, 0.15) is 88.5 Å². The summed E-state index contributed by atoms with van der Waals surface area (Å²) in [6, 6.07) is 18.8. The molecule has 4 amide bonds. The molecule has 0 bridgehead atoms. The summed E-state index contributed by atoms with van der Waals surface area (Å²) in [5, 5.41) is 8.37. The average molecular weight is 803 g/mol. The number of ether oxygens (including phenoxy) is 3. The molecule has 4 rings (SSSR count). The second-order valence-corrected chi connectivity index (χ2v) is 15.7. The van der Waals surface area contributed by atoms with Crippen LogP contribution in [0.4, 0.5) is 9.18 Å². The van der Waals surface area contributed by atoms with Crippen molar-refractivity contribution in [1.29, 1.82) is 0 Å². The van der Waals surface area contributed by atoms with Gasteiger partial charge in [-0.1, -0.05) is 48.5 Å². The first-order valence-corrected chi connectivity index (χ1v) is 20.2. The van der Waals surface area contributed by atoms with Gasteiger partial charge in [0.1, 0.15) is 29.3 Å². The molecule has 0 saturated carbocycles. The lowest BCUT2D eigenvalue weighted by Gasteiger charge is -2.34. The molecule has 1 saturated heterocycles. The largest absolute Gasteiger partial charge is 0.494 e. The number of halogens is 1. The van der Waals surface area contributed by atoms with E-state index in [0.717, 1.165) is 36.0 Å². The molecule has 0 aliphatic carbocycles. The van der Waals surface area contributed by atoms with Gasteiger partial charge in [-0.3, -0.25) is 19.2 Å². The van der Waals surface area contributed by atoms with Crippen molar-refractivity contribution in [2.75, 3.05) is 26.3 Å². The Bertz CT molecular complexity index is 1830. The number of rotatable bonds is 19. The Balaban J connectivity index is 1.38. The lowest BCUT2D eigenvalue weighted by molar-refractivity contribution is -0.146. The van der Waals surface area contributed by atoms with Crippen LogP contribution in [0.2, 0.25) is 0 Å². The molecule has 3 atom stereocenters. The summed E-state index contributed by atoms with van der Waals surface area (Å²) in [6.45, 7) is 11.2. The fourth-order valence-electron chi connectivity index (χ4n) is 6.68. The summed E-state index contributed by atoms with van der Waals surface area (Å²) in [5.74, 6) is -1.82. The van der Waals surface area contributed by atoms with Gasteiger partial charge < -0.3 is 35.1 Å². The van der Waals surface area contributed by atoms with Crippen molar-refractivity contribution < 1.29 is 42.6 Å². The second kappa shape index (κ2) is 22.5. The van der Waals surface area contributed by atoms with Crippen molar-refractivity contribution in [2.45, 2.75) is 110 Å². The van der Waals surface area contributed by atoms with Gasteiger partial charge in [-0.15, -0.1) is 0 Å². The highest BCUT2D eigenvalue weighted by atomic mass is 19.1. The van der Waals surface area contributed by atoms with Crippen LogP contribution in [0.15, 0.2) is 72.8 Å². The van der Waals surface area contributed by atoms with E-state index < -0.39 is 53.6 Å². The molecule has 1 heterocycles. The maximum atomic E-state index is 13.8. The number of benzene rings is 3. The first-order chi connectivity index (χ1) is 27.7. The van der Waals surface area contributed by atoms with Gasteiger partial charge in [-0.2, -0.15) is 0 Å². The molecule has 314 valence electrons. The van der Waals surface area contributed by atoms with E-state index in [1.165, 1.54) is 12.1 Å². The zero-order chi connectivity index (χ0) is 42.1. The molecule has 13 heteroatoms. The van der Waals surface area contributed by atoms with Crippen molar-refractivity contribution in [3.05, 3.63) is 101 Å². The standard InChI is InChI=1S/C45H59FN4O8/c1-6-56-41(52)28-39(48-40(51)22-19-33-14-10-16-36(46)26-33)43(54)49-38(21-18-32-12-8-7-9-13-32)42(53)47-29-35-27-37(20-17-31(35)2)57-25-23-34-15-11-24-50(30-34)44(55)58-45(3,4)5/h7-10,12-14,16-17,20,26-27,34,38-39H,6,11,15,18-19,21-25,28-30H2,1-5H3,(H,47,53)(H,48,51)(H,49,54)/t34?,38-,39-/m0/s1. The van der Waals surface area contributed by atoms with Crippen molar-refractivity contribution in [3.63, 3.8) is 0 Å². The third kappa shape index (κ3) is 15.8. The monoisotopic (exact) mass is 802 g/mol. The average Bonchev–Trinajstić information content (AvgIpc) is 3.18. The Kier molecular flexibility index (Phi) is 17.5. The van der Waals surface area contributed by atoms with Crippen molar-refractivity contribution in [2.24, 2.45) is 5.92 Å². The zero-order valence-corrected chi connectivity index (χ0v) is 34.4. The van der Waals surface area contributed by atoms with Gasteiger partial charge >= 0.3 is 12.1 Å². The molecule has 0 radical (unpaired) electrons. The van der Waals surface area contributed by atoms with E-state index >= 15 is 0 Å². The number of hydrogen-bond donors (Lipinski definition) is 3. The molecular formula is C45H59FN4O8. The van der Waals surface area contributed by atoms with E-state index in [2.05, 4.69) is 16.0 Å². The minimum atomic E-state index is -1.31. The zero-order valence-electron chi connectivity index (χ0n) is 34.4. The predicted molar refractivity (Wildman–Crippen MR) is 218 cm³/mol. The number of aryl methyl sites for hydroxylation is 3. The minimum absolute atomic E-state index is 0.0522. The number of amides is 4. The second-order valence-electron chi connectivity index (χ2n) is 15.7. The first kappa shape index (κ1) is 45.2. The molecule has 3 N–H and O–H groups in total. The van der Waals surface area contributed by atoms with E-state index in [-0.39, 0.29) is 38.5 Å². The summed E-state index contributed by atoms with van der Waals surface area (Å²) < 4.78 is 30.5. The highest BCUT2D eigenvalue weighted by Gasteiger charge is 2.30. The Hall–Kier alpha value is -5.46. The smallest absolute Gasteiger partial charge is 0.410 e. The molecule has 1 fully saturated rings. The molecule has 1 unspecified atom stereocenters. The third-order valence-electron chi connectivity index (χ3n) is 9.79. The van der Waals surface area contributed by atoms with Gasteiger partial charge in [-0.05, 0) is 126 Å².